The highest BCUT2D eigenvalue weighted by atomic mass is 16.4. The summed E-state index contributed by atoms with van der Waals surface area (Å²) in [5.74, 6) is -1.33. The normalized spacial score (nSPS) is 25.8. The zero-order valence-electron chi connectivity index (χ0n) is 4.55. The van der Waals surface area contributed by atoms with Crippen molar-refractivity contribution in [2.75, 3.05) is 6.54 Å². The Balaban J connectivity index is 2.48. The second-order valence-electron chi connectivity index (χ2n) is 1.72. The van der Waals surface area contributed by atoms with Crippen molar-refractivity contribution in [3.05, 3.63) is 0 Å². The topological polar surface area (TPSA) is 78.4 Å². The maximum absolute atomic E-state index is 10.3. The molecule has 9 heavy (non-hydrogen) atoms. The molecule has 1 rings (SSSR count). The van der Waals surface area contributed by atoms with Crippen LogP contribution in [0, 0.1) is 0 Å². The number of hydrogen-bond acceptors (Lipinski definition) is 3. The van der Waals surface area contributed by atoms with Crippen molar-refractivity contribution in [1.29, 1.82) is 0 Å². The van der Waals surface area contributed by atoms with Gasteiger partial charge in [0.05, 0.1) is 6.54 Å². The SMILES string of the molecule is O=C1CNC(C(=O)O)N1. The maximum Gasteiger partial charge on any atom is 0.341 e. The van der Waals surface area contributed by atoms with Crippen LogP contribution >= 0.6 is 0 Å². The second-order valence-corrected chi connectivity index (χ2v) is 1.72. The lowest BCUT2D eigenvalue weighted by Crippen LogP contribution is -2.39. The van der Waals surface area contributed by atoms with Gasteiger partial charge >= 0.3 is 5.97 Å². The molecular formula is C4H6N2O3. The Hall–Kier alpha value is -1.10. The van der Waals surface area contributed by atoms with Crippen LogP contribution < -0.4 is 10.6 Å². The molecule has 1 heterocycles. The summed E-state index contributed by atoms with van der Waals surface area (Å²) >= 11 is 0. The number of carbonyl (C=O) groups excluding carboxylic acids is 1. The summed E-state index contributed by atoms with van der Waals surface area (Å²) in [5.41, 5.74) is 0. The fraction of sp³-hybridized carbons (Fsp3) is 0.500. The van der Waals surface area contributed by atoms with E-state index in [4.69, 9.17) is 5.11 Å². The molecule has 0 aromatic rings. The van der Waals surface area contributed by atoms with Crippen LogP contribution in [0.5, 0.6) is 0 Å². The molecule has 5 nitrogen and oxygen atoms in total. The standard InChI is InChI=1S/C4H6N2O3/c7-2-1-5-3(6-2)4(8)9/h3,5H,1H2,(H,6,7)(H,8,9). The number of carboxylic acids is 1. The first-order valence-electron chi connectivity index (χ1n) is 2.45. The quantitative estimate of drug-likeness (QED) is 0.388. The van der Waals surface area contributed by atoms with E-state index in [9.17, 15) is 9.59 Å². The smallest absolute Gasteiger partial charge is 0.341 e. The molecule has 1 aliphatic heterocycles. The Bertz CT molecular complexity index is 156. The summed E-state index contributed by atoms with van der Waals surface area (Å²) in [6.07, 6.45) is -0.891. The third-order valence-corrected chi connectivity index (χ3v) is 1.02. The number of aliphatic carboxylic acids is 1. The second kappa shape index (κ2) is 2.02. The first-order chi connectivity index (χ1) is 4.20. The molecule has 3 N–H and O–H groups in total. The molecule has 1 atom stereocenters. The average Bonchev–Trinajstić information content (AvgIpc) is 2.14. The maximum atomic E-state index is 10.3. The lowest BCUT2D eigenvalue weighted by molar-refractivity contribution is -0.140. The molecule has 0 aromatic carbocycles. The molecule has 1 amide bonds. The fourth-order valence-corrected chi connectivity index (χ4v) is 0.607. The molecule has 0 aromatic heterocycles. The lowest BCUT2D eigenvalue weighted by atomic mass is 10.5. The van der Waals surface area contributed by atoms with Gasteiger partial charge in [-0.15, -0.1) is 0 Å². The summed E-state index contributed by atoms with van der Waals surface area (Å²) in [6.45, 7) is 0.0942. The van der Waals surface area contributed by atoms with E-state index in [1.54, 1.807) is 0 Å². The third kappa shape index (κ3) is 1.17. The highest BCUT2D eigenvalue weighted by Crippen LogP contribution is 1.85. The summed E-state index contributed by atoms with van der Waals surface area (Å²) < 4.78 is 0. The van der Waals surface area contributed by atoms with Crippen LogP contribution in [0.15, 0.2) is 0 Å². The van der Waals surface area contributed by atoms with E-state index in [0.29, 0.717) is 0 Å². The van der Waals surface area contributed by atoms with Gasteiger partial charge in [0.2, 0.25) is 5.91 Å². The van der Waals surface area contributed by atoms with Gasteiger partial charge in [-0.3, -0.25) is 10.1 Å². The molecule has 0 radical (unpaired) electrons. The number of carboxylic acid groups (broad SMARTS) is 1. The van der Waals surface area contributed by atoms with E-state index in [1.807, 2.05) is 0 Å². The van der Waals surface area contributed by atoms with E-state index in [2.05, 4.69) is 10.6 Å². The van der Waals surface area contributed by atoms with Gasteiger partial charge < -0.3 is 10.4 Å². The van der Waals surface area contributed by atoms with E-state index in [1.165, 1.54) is 0 Å². The van der Waals surface area contributed by atoms with Crippen molar-refractivity contribution >= 4 is 11.9 Å². The first-order valence-corrected chi connectivity index (χ1v) is 2.45. The Morgan fingerprint density at radius 1 is 1.78 bits per heavy atom. The van der Waals surface area contributed by atoms with Crippen molar-refractivity contribution in [1.82, 2.24) is 10.6 Å². The van der Waals surface area contributed by atoms with E-state index >= 15 is 0 Å². The van der Waals surface area contributed by atoms with Crippen LogP contribution in [-0.2, 0) is 9.59 Å². The van der Waals surface area contributed by atoms with Gasteiger partial charge in [0, 0.05) is 0 Å². The minimum atomic E-state index is -1.05. The number of nitrogens with one attached hydrogen (secondary N) is 2. The molecule has 1 saturated heterocycles. The van der Waals surface area contributed by atoms with Crippen LogP contribution in [0.2, 0.25) is 0 Å². The van der Waals surface area contributed by atoms with Gasteiger partial charge in [-0.1, -0.05) is 0 Å². The molecule has 50 valence electrons. The molecule has 1 aliphatic rings. The predicted molar refractivity (Wildman–Crippen MR) is 27.6 cm³/mol. The zero-order chi connectivity index (χ0) is 6.85. The fourth-order valence-electron chi connectivity index (χ4n) is 0.607. The Morgan fingerprint density at radius 3 is 2.67 bits per heavy atom. The molecule has 0 aliphatic carbocycles. The first kappa shape index (κ1) is 6.03. The van der Waals surface area contributed by atoms with Crippen molar-refractivity contribution in [2.45, 2.75) is 6.17 Å². The van der Waals surface area contributed by atoms with Crippen molar-refractivity contribution < 1.29 is 14.7 Å². The average molecular weight is 130 g/mol. The lowest BCUT2D eigenvalue weighted by Gasteiger charge is -2.00. The molecule has 1 unspecified atom stereocenters. The molecule has 1 fully saturated rings. The van der Waals surface area contributed by atoms with Crippen molar-refractivity contribution in [3.8, 4) is 0 Å². The van der Waals surface area contributed by atoms with Crippen LogP contribution in [0.4, 0.5) is 0 Å². The van der Waals surface area contributed by atoms with Crippen molar-refractivity contribution in [2.24, 2.45) is 0 Å². The van der Waals surface area contributed by atoms with Gasteiger partial charge in [-0.2, -0.15) is 0 Å². The summed E-state index contributed by atoms with van der Waals surface area (Å²) in [4.78, 5) is 20.4. The highest BCUT2D eigenvalue weighted by Gasteiger charge is 2.25. The number of hydrogen-bond donors (Lipinski definition) is 3. The minimum Gasteiger partial charge on any atom is -0.479 e. The van der Waals surface area contributed by atoms with Gasteiger partial charge in [-0.05, 0) is 0 Å². The summed E-state index contributed by atoms with van der Waals surface area (Å²) in [6, 6.07) is 0. The Kier molecular flexibility index (Phi) is 1.35. The molecule has 0 saturated carbocycles. The van der Waals surface area contributed by atoms with E-state index in [0.717, 1.165) is 0 Å². The minimum absolute atomic E-state index is 0.0942. The number of amides is 1. The molecule has 0 spiro atoms. The highest BCUT2D eigenvalue weighted by molar-refractivity contribution is 5.87. The number of carbonyl (C=O) groups is 2. The Morgan fingerprint density at radius 2 is 2.44 bits per heavy atom. The summed E-state index contributed by atoms with van der Waals surface area (Å²) in [5, 5.41) is 12.9. The van der Waals surface area contributed by atoms with Crippen LogP contribution in [-0.4, -0.2) is 29.7 Å². The van der Waals surface area contributed by atoms with Crippen LogP contribution in [0.3, 0.4) is 0 Å². The molecule has 0 bridgehead atoms. The molecular weight excluding hydrogens is 124 g/mol. The molecule has 5 heteroatoms. The van der Waals surface area contributed by atoms with Crippen LogP contribution in [0.1, 0.15) is 0 Å². The van der Waals surface area contributed by atoms with Crippen LogP contribution in [0.25, 0.3) is 0 Å². The van der Waals surface area contributed by atoms with Crippen molar-refractivity contribution in [3.63, 3.8) is 0 Å². The van der Waals surface area contributed by atoms with Gasteiger partial charge in [0.25, 0.3) is 0 Å². The number of rotatable bonds is 1. The predicted octanol–water partition coefficient (Wildman–Crippen LogP) is -1.88. The third-order valence-electron chi connectivity index (χ3n) is 1.02. The zero-order valence-corrected chi connectivity index (χ0v) is 4.55. The van der Waals surface area contributed by atoms with Gasteiger partial charge in [-0.25, -0.2) is 4.79 Å². The van der Waals surface area contributed by atoms with Gasteiger partial charge in [0.15, 0.2) is 6.17 Å². The largest absolute Gasteiger partial charge is 0.479 e. The van der Waals surface area contributed by atoms with Gasteiger partial charge in [0.1, 0.15) is 0 Å². The van der Waals surface area contributed by atoms with E-state index in [-0.39, 0.29) is 12.5 Å². The monoisotopic (exact) mass is 130 g/mol. The summed E-state index contributed by atoms with van der Waals surface area (Å²) in [7, 11) is 0. The Labute approximate surface area is 51.0 Å². The van der Waals surface area contributed by atoms with E-state index < -0.39 is 12.1 Å².